The first kappa shape index (κ1) is 11.8. The van der Waals surface area contributed by atoms with E-state index in [2.05, 4.69) is 4.98 Å². The van der Waals surface area contributed by atoms with Gasteiger partial charge < -0.3 is 9.90 Å². The first-order valence-electron chi connectivity index (χ1n) is 4.44. The number of carbonyl (C=O) groups excluding carboxylic acids is 1. The molecule has 0 aliphatic carbocycles. The largest absolute Gasteiger partial charge is 0.549 e. The van der Waals surface area contributed by atoms with Crippen LogP contribution in [-0.4, -0.2) is 21.6 Å². The molecule has 0 aliphatic rings. The first-order valence-corrected chi connectivity index (χ1v) is 6.24. The number of aliphatic carboxylic acids is 1. The molecule has 0 saturated carbocycles. The number of carboxylic acids is 1. The van der Waals surface area contributed by atoms with E-state index in [-0.39, 0.29) is 11.4 Å². The quantitative estimate of drug-likeness (QED) is 0.467. The Labute approximate surface area is 103 Å². The number of fused-ring (bicyclic) bond motifs is 1. The van der Waals surface area contributed by atoms with E-state index in [0.29, 0.717) is 14.6 Å². The van der Waals surface area contributed by atoms with Crippen molar-refractivity contribution in [1.29, 1.82) is 0 Å². The maximum atomic E-state index is 10.6. The molecule has 8 heteroatoms. The lowest BCUT2D eigenvalue weighted by Crippen LogP contribution is -2.24. The zero-order valence-corrected chi connectivity index (χ0v) is 9.92. The summed E-state index contributed by atoms with van der Waals surface area (Å²) in [7, 11) is 0. The summed E-state index contributed by atoms with van der Waals surface area (Å²) in [6, 6.07) is 4.35. The summed E-state index contributed by atoms with van der Waals surface area (Å²) in [5.41, 5.74) is 0.624. The van der Waals surface area contributed by atoms with Crippen molar-refractivity contribution in [1.82, 2.24) is 4.98 Å². The molecule has 1 heterocycles. The van der Waals surface area contributed by atoms with E-state index in [1.807, 2.05) is 0 Å². The average Bonchev–Trinajstić information content (AvgIpc) is 2.67. The molecule has 0 spiro atoms. The number of hydrogen-bond acceptors (Lipinski definition) is 7. The van der Waals surface area contributed by atoms with E-state index in [9.17, 15) is 20.0 Å². The minimum atomic E-state index is -1.17. The average molecular weight is 269 g/mol. The van der Waals surface area contributed by atoms with Crippen molar-refractivity contribution in [3.8, 4) is 0 Å². The molecule has 6 nitrogen and oxygen atoms in total. The van der Waals surface area contributed by atoms with E-state index in [1.165, 1.54) is 23.5 Å². The first-order chi connectivity index (χ1) is 8.06. The fourth-order valence-electron chi connectivity index (χ4n) is 1.19. The summed E-state index contributed by atoms with van der Waals surface area (Å²) in [5.74, 6) is -1.35. The summed E-state index contributed by atoms with van der Waals surface area (Å²) >= 11 is 2.27. The number of nitro benzene ring substituents is 1. The van der Waals surface area contributed by atoms with Gasteiger partial charge in [-0.3, -0.25) is 10.1 Å². The Morgan fingerprint density at radius 2 is 2.29 bits per heavy atom. The van der Waals surface area contributed by atoms with Crippen LogP contribution in [0.25, 0.3) is 10.2 Å². The smallest absolute Gasteiger partial charge is 0.270 e. The number of benzene rings is 1. The molecule has 0 N–H and O–H groups in total. The highest BCUT2D eigenvalue weighted by atomic mass is 32.2. The maximum Gasteiger partial charge on any atom is 0.270 e. The standard InChI is InChI=1S/C9H6N2O4S2/c12-8(13)4-16-9-10-6-2-1-5(11(14)15)3-7(6)17-9/h1-3H,4H2,(H,12,13)/p-1. The molecule has 0 fully saturated rings. The Bertz CT molecular complexity index is 596. The van der Waals surface area contributed by atoms with Crippen molar-refractivity contribution in [2.45, 2.75) is 4.34 Å². The number of carboxylic acid groups (broad SMARTS) is 1. The summed E-state index contributed by atoms with van der Waals surface area (Å²) in [6.07, 6.45) is 0. The second-order valence-corrected chi connectivity index (χ2v) is 5.30. The molecule has 0 aliphatic heterocycles. The van der Waals surface area contributed by atoms with E-state index in [4.69, 9.17) is 0 Å². The molecule has 2 aromatic rings. The second kappa shape index (κ2) is 4.68. The van der Waals surface area contributed by atoms with Crippen LogP contribution in [0.3, 0.4) is 0 Å². The van der Waals surface area contributed by atoms with Gasteiger partial charge >= 0.3 is 0 Å². The Kier molecular flexibility index (Phi) is 3.25. The predicted molar refractivity (Wildman–Crippen MR) is 62.0 cm³/mol. The van der Waals surface area contributed by atoms with Crippen molar-refractivity contribution in [3.05, 3.63) is 28.3 Å². The molecule has 0 bridgehead atoms. The number of thioether (sulfide) groups is 1. The molecular formula is C9H5N2O4S2-. The van der Waals surface area contributed by atoms with Crippen molar-refractivity contribution < 1.29 is 14.8 Å². The van der Waals surface area contributed by atoms with Gasteiger partial charge in [0.15, 0.2) is 4.34 Å². The van der Waals surface area contributed by atoms with Crippen LogP contribution in [0.5, 0.6) is 0 Å². The van der Waals surface area contributed by atoms with Gasteiger partial charge in [-0.2, -0.15) is 0 Å². The number of non-ortho nitro benzene ring substituents is 1. The van der Waals surface area contributed by atoms with Gasteiger partial charge in [-0.25, -0.2) is 4.98 Å². The van der Waals surface area contributed by atoms with Crippen LogP contribution in [0.4, 0.5) is 5.69 Å². The number of nitro groups is 1. The number of hydrogen-bond donors (Lipinski definition) is 0. The molecule has 0 unspecified atom stereocenters. The van der Waals surface area contributed by atoms with Gasteiger partial charge in [-0.05, 0) is 6.07 Å². The van der Waals surface area contributed by atoms with Crippen molar-refractivity contribution >= 4 is 45.0 Å². The second-order valence-electron chi connectivity index (χ2n) is 3.05. The highest BCUT2D eigenvalue weighted by molar-refractivity contribution is 8.01. The van der Waals surface area contributed by atoms with Gasteiger partial charge in [0.2, 0.25) is 0 Å². The Morgan fingerprint density at radius 1 is 1.53 bits per heavy atom. The van der Waals surface area contributed by atoms with Crippen LogP contribution in [0, 0.1) is 10.1 Å². The lowest BCUT2D eigenvalue weighted by atomic mass is 10.3. The highest BCUT2D eigenvalue weighted by Gasteiger charge is 2.10. The van der Waals surface area contributed by atoms with Gasteiger partial charge in [0.1, 0.15) is 0 Å². The Balaban J connectivity index is 2.30. The Morgan fingerprint density at radius 3 is 2.94 bits per heavy atom. The van der Waals surface area contributed by atoms with Gasteiger partial charge in [0, 0.05) is 17.9 Å². The Hall–Kier alpha value is -1.67. The van der Waals surface area contributed by atoms with Crippen LogP contribution in [0.15, 0.2) is 22.5 Å². The van der Waals surface area contributed by atoms with Gasteiger partial charge in [-0.15, -0.1) is 11.3 Å². The number of aromatic nitrogens is 1. The molecule has 88 valence electrons. The maximum absolute atomic E-state index is 10.6. The van der Waals surface area contributed by atoms with Gasteiger partial charge in [-0.1, -0.05) is 11.8 Å². The number of thiazole rings is 1. The predicted octanol–water partition coefficient (Wildman–Crippen LogP) is 1.05. The van der Waals surface area contributed by atoms with Crippen molar-refractivity contribution in [2.24, 2.45) is 0 Å². The van der Waals surface area contributed by atoms with E-state index in [0.717, 1.165) is 11.8 Å². The molecule has 1 aromatic heterocycles. The lowest BCUT2D eigenvalue weighted by Gasteiger charge is -1.96. The summed E-state index contributed by atoms with van der Waals surface area (Å²) in [4.78, 5) is 24.5. The molecule has 0 atom stereocenters. The third-order valence-corrected chi connectivity index (χ3v) is 4.01. The number of rotatable bonds is 4. The van der Waals surface area contributed by atoms with Gasteiger partial charge in [0.25, 0.3) is 5.69 Å². The fourth-order valence-corrected chi connectivity index (χ4v) is 3.00. The number of carbonyl (C=O) groups is 1. The minimum absolute atomic E-state index is 0.00222. The van der Waals surface area contributed by atoms with Crippen LogP contribution in [0.1, 0.15) is 0 Å². The summed E-state index contributed by atoms with van der Waals surface area (Å²) in [5, 5.41) is 20.9. The zero-order valence-electron chi connectivity index (χ0n) is 8.28. The molecule has 0 radical (unpaired) electrons. The van der Waals surface area contributed by atoms with Crippen LogP contribution in [0.2, 0.25) is 0 Å². The molecule has 17 heavy (non-hydrogen) atoms. The van der Waals surface area contributed by atoms with E-state index >= 15 is 0 Å². The molecule has 1 aromatic carbocycles. The van der Waals surface area contributed by atoms with Crippen molar-refractivity contribution in [2.75, 3.05) is 5.75 Å². The third kappa shape index (κ3) is 2.71. The zero-order chi connectivity index (χ0) is 12.4. The monoisotopic (exact) mass is 269 g/mol. The normalized spacial score (nSPS) is 10.6. The van der Waals surface area contributed by atoms with Crippen LogP contribution >= 0.6 is 23.1 Å². The molecule has 0 saturated heterocycles. The third-order valence-electron chi connectivity index (χ3n) is 1.88. The van der Waals surface area contributed by atoms with Crippen LogP contribution < -0.4 is 5.11 Å². The molecule has 2 rings (SSSR count). The molecular weight excluding hydrogens is 264 g/mol. The summed E-state index contributed by atoms with van der Waals surface area (Å²) in [6.45, 7) is 0. The van der Waals surface area contributed by atoms with E-state index < -0.39 is 10.9 Å². The topological polar surface area (TPSA) is 96.2 Å². The molecule has 0 amide bonds. The minimum Gasteiger partial charge on any atom is -0.549 e. The van der Waals surface area contributed by atoms with E-state index in [1.54, 1.807) is 6.07 Å². The van der Waals surface area contributed by atoms with Crippen LogP contribution in [-0.2, 0) is 4.79 Å². The van der Waals surface area contributed by atoms with Gasteiger partial charge in [0.05, 0.1) is 21.1 Å². The lowest BCUT2D eigenvalue weighted by molar-refractivity contribution is -0.384. The highest BCUT2D eigenvalue weighted by Crippen LogP contribution is 2.31. The fraction of sp³-hybridized carbons (Fsp3) is 0.111. The SMILES string of the molecule is O=C([O-])CSc1nc2ccc([N+](=O)[O-])cc2s1. The summed E-state index contributed by atoms with van der Waals surface area (Å²) < 4.78 is 1.23. The number of nitrogens with zero attached hydrogens (tertiary/aromatic N) is 2. The van der Waals surface area contributed by atoms with Crippen molar-refractivity contribution in [3.63, 3.8) is 0 Å².